The molecule has 0 atom stereocenters. The van der Waals surface area contributed by atoms with Gasteiger partial charge in [0, 0.05) is 18.1 Å². The number of carbonyl (C=O) groups excluding carboxylic acids is 1. The number of carbonyl (C=O) groups is 1. The molecule has 0 saturated carbocycles. The fourth-order valence-corrected chi connectivity index (χ4v) is 2.65. The highest BCUT2D eigenvalue weighted by Crippen LogP contribution is 2.23. The molecule has 0 aliphatic carbocycles. The molecule has 18 heavy (non-hydrogen) atoms. The van der Waals surface area contributed by atoms with E-state index in [9.17, 15) is 4.79 Å². The van der Waals surface area contributed by atoms with Gasteiger partial charge in [-0.05, 0) is 31.0 Å². The Labute approximate surface area is 118 Å². The van der Waals surface area contributed by atoms with Crippen LogP contribution in [0.15, 0.2) is 18.2 Å². The first kappa shape index (κ1) is 13.7. The van der Waals surface area contributed by atoms with Crippen LogP contribution in [0.3, 0.4) is 0 Å². The van der Waals surface area contributed by atoms with Gasteiger partial charge in [-0.1, -0.05) is 42.5 Å². The van der Waals surface area contributed by atoms with Crippen LogP contribution in [0.2, 0.25) is 10.0 Å². The van der Waals surface area contributed by atoms with E-state index in [4.69, 9.17) is 23.2 Å². The van der Waals surface area contributed by atoms with Crippen molar-refractivity contribution in [3.05, 3.63) is 33.8 Å². The first-order chi connectivity index (χ1) is 8.68. The first-order valence-corrected chi connectivity index (χ1v) is 7.18. The minimum absolute atomic E-state index is 0.00407. The summed E-state index contributed by atoms with van der Waals surface area (Å²) in [6, 6.07) is 5.04. The van der Waals surface area contributed by atoms with Crippen molar-refractivity contribution in [2.24, 2.45) is 0 Å². The second-order valence-corrected chi connectivity index (χ2v) is 5.53. The molecule has 1 fully saturated rings. The maximum Gasteiger partial charge on any atom is 0.255 e. The Morgan fingerprint density at radius 2 is 1.61 bits per heavy atom. The number of rotatable bonds is 1. The molecule has 0 unspecified atom stereocenters. The monoisotopic (exact) mass is 285 g/mol. The lowest BCUT2D eigenvalue weighted by atomic mass is 10.1. The van der Waals surface area contributed by atoms with E-state index in [2.05, 4.69) is 0 Å². The Hall–Kier alpha value is -0.730. The molecule has 0 aromatic heterocycles. The molecule has 98 valence electrons. The van der Waals surface area contributed by atoms with Crippen molar-refractivity contribution in [3.8, 4) is 0 Å². The molecule has 1 aromatic rings. The average Bonchev–Trinajstić information content (AvgIpc) is 2.31. The summed E-state index contributed by atoms with van der Waals surface area (Å²) in [5, 5.41) is 1.03. The van der Waals surface area contributed by atoms with Crippen LogP contribution >= 0.6 is 23.2 Å². The number of benzene rings is 1. The van der Waals surface area contributed by atoms with Gasteiger partial charge >= 0.3 is 0 Å². The fraction of sp³-hybridized carbons (Fsp3) is 0.500. The Morgan fingerprint density at radius 3 is 2.28 bits per heavy atom. The third kappa shape index (κ3) is 3.39. The van der Waals surface area contributed by atoms with Gasteiger partial charge in [0.25, 0.3) is 5.91 Å². The predicted molar refractivity (Wildman–Crippen MR) is 75.5 cm³/mol. The van der Waals surface area contributed by atoms with Crippen LogP contribution in [-0.2, 0) is 0 Å². The number of nitrogens with zero attached hydrogens (tertiary/aromatic N) is 1. The van der Waals surface area contributed by atoms with Gasteiger partial charge in [-0.3, -0.25) is 4.79 Å². The molecule has 0 radical (unpaired) electrons. The lowest BCUT2D eigenvalue weighted by molar-refractivity contribution is 0.0742. The van der Waals surface area contributed by atoms with E-state index >= 15 is 0 Å². The van der Waals surface area contributed by atoms with Crippen molar-refractivity contribution < 1.29 is 4.79 Å². The van der Waals surface area contributed by atoms with E-state index in [1.54, 1.807) is 18.2 Å². The van der Waals surface area contributed by atoms with Crippen molar-refractivity contribution in [3.63, 3.8) is 0 Å². The molecule has 0 bridgehead atoms. The molecule has 1 heterocycles. The van der Waals surface area contributed by atoms with Crippen LogP contribution < -0.4 is 0 Å². The summed E-state index contributed by atoms with van der Waals surface area (Å²) in [5.41, 5.74) is 0.518. The average molecular weight is 286 g/mol. The molecule has 4 heteroatoms. The molecule has 2 rings (SSSR count). The normalized spacial score (nSPS) is 17.1. The Balaban J connectivity index is 2.15. The van der Waals surface area contributed by atoms with Crippen molar-refractivity contribution in [1.29, 1.82) is 0 Å². The first-order valence-electron chi connectivity index (χ1n) is 6.43. The number of amides is 1. The third-order valence-corrected chi connectivity index (χ3v) is 3.87. The van der Waals surface area contributed by atoms with Crippen molar-refractivity contribution in [2.75, 3.05) is 13.1 Å². The summed E-state index contributed by atoms with van der Waals surface area (Å²) in [6.45, 7) is 1.64. The maximum absolute atomic E-state index is 12.4. The number of hydrogen-bond acceptors (Lipinski definition) is 1. The summed E-state index contributed by atoms with van der Waals surface area (Å²) < 4.78 is 0. The summed E-state index contributed by atoms with van der Waals surface area (Å²) in [7, 11) is 0. The van der Waals surface area contributed by atoms with Crippen LogP contribution in [0, 0.1) is 0 Å². The van der Waals surface area contributed by atoms with E-state index in [1.165, 1.54) is 19.3 Å². The van der Waals surface area contributed by atoms with Gasteiger partial charge in [0.2, 0.25) is 0 Å². The standard InChI is InChI=1S/C14H17Cl2NO/c15-11-6-7-13(16)12(10-11)14(18)17-8-4-2-1-3-5-9-17/h6-7,10H,1-5,8-9H2. The van der Waals surface area contributed by atoms with E-state index < -0.39 is 0 Å². The van der Waals surface area contributed by atoms with E-state index in [0.717, 1.165) is 25.9 Å². The zero-order valence-corrected chi connectivity index (χ0v) is 11.8. The topological polar surface area (TPSA) is 20.3 Å². The van der Waals surface area contributed by atoms with Gasteiger partial charge in [0.05, 0.1) is 10.6 Å². The highest BCUT2D eigenvalue weighted by molar-refractivity contribution is 6.35. The minimum atomic E-state index is 0.00407. The second-order valence-electron chi connectivity index (χ2n) is 4.68. The van der Waals surface area contributed by atoms with Gasteiger partial charge < -0.3 is 4.90 Å². The molecule has 1 aliphatic heterocycles. The van der Waals surface area contributed by atoms with Gasteiger partial charge in [0.15, 0.2) is 0 Å². The van der Waals surface area contributed by atoms with Gasteiger partial charge in [-0.25, -0.2) is 0 Å². The molecule has 1 aromatic carbocycles. The maximum atomic E-state index is 12.4. The SMILES string of the molecule is O=C(c1cc(Cl)ccc1Cl)N1CCCCCCC1. The predicted octanol–water partition coefficient (Wildman–Crippen LogP) is 4.40. The van der Waals surface area contributed by atoms with Crippen LogP contribution in [0.25, 0.3) is 0 Å². The van der Waals surface area contributed by atoms with E-state index in [0.29, 0.717) is 15.6 Å². The fourth-order valence-electron chi connectivity index (χ4n) is 2.28. The van der Waals surface area contributed by atoms with Crippen molar-refractivity contribution in [1.82, 2.24) is 4.90 Å². The summed E-state index contributed by atoms with van der Waals surface area (Å²) in [6.07, 6.45) is 5.83. The lowest BCUT2D eigenvalue weighted by Gasteiger charge is -2.25. The summed E-state index contributed by atoms with van der Waals surface area (Å²) in [5.74, 6) is 0.00407. The van der Waals surface area contributed by atoms with Gasteiger partial charge in [-0.15, -0.1) is 0 Å². The molecule has 0 spiro atoms. The van der Waals surface area contributed by atoms with E-state index in [-0.39, 0.29) is 5.91 Å². The largest absolute Gasteiger partial charge is 0.339 e. The molecule has 1 saturated heterocycles. The number of likely N-dealkylation sites (tertiary alicyclic amines) is 1. The zero-order valence-electron chi connectivity index (χ0n) is 10.3. The molecule has 1 aliphatic rings. The van der Waals surface area contributed by atoms with Crippen molar-refractivity contribution >= 4 is 29.1 Å². The molecular formula is C14H17Cl2NO. The third-order valence-electron chi connectivity index (χ3n) is 3.30. The highest BCUT2D eigenvalue weighted by atomic mass is 35.5. The molecule has 2 nitrogen and oxygen atoms in total. The smallest absolute Gasteiger partial charge is 0.255 e. The quantitative estimate of drug-likeness (QED) is 0.749. The summed E-state index contributed by atoms with van der Waals surface area (Å²) in [4.78, 5) is 14.3. The molecular weight excluding hydrogens is 269 g/mol. The molecule has 1 amide bonds. The van der Waals surface area contributed by atoms with E-state index in [1.807, 2.05) is 4.90 Å². The Morgan fingerprint density at radius 1 is 1.00 bits per heavy atom. The second kappa shape index (κ2) is 6.44. The zero-order chi connectivity index (χ0) is 13.0. The number of halogens is 2. The lowest BCUT2D eigenvalue weighted by Crippen LogP contribution is -2.34. The van der Waals surface area contributed by atoms with Crippen LogP contribution in [0.5, 0.6) is 0 Å². The Bertz CT molecular complexity index is 426. The van der Waals surface area contributed by atoms with Gasteiger partial charge in [-0.2, -0.15) is 0 Å². The van der Waals surface area contributed by atoms with Crippen molar-refractivity contribution in [2.45, 2.75) is 32.1 Å². The number of hydrogen-bond donors (Lipinski definition) is 0. The summed E-state index contributed by atoms with van der Waals surface area (Å²) >= 11 is 12.0. The van der Waals surface area contributed by atoms with Gasteiger partial charge in [0.1, 0.15) is 0 Å². The minimum Gasteiger partial charge on any atom is -0.339 e. The van der Waals surface area contributed by atoms with Crippen LogP contribution in [0.4, 0.5) is 0 Å². The Kier molecular flexibility index (Phi) is 4.90. The van der Waals surface area contributed by atoms with Crippen LogP contribution in [0.1, 0.15) is 42.5 Å². The molecule has 0 N–H and O–H groups in total. The highest BCUT2D eigenvalue weighted by Gasteiger charge is 2.19. The van der Waals surface area contributed by atoms with Crippen LogP contribution in [-0.4, -0.2) is 23.9 Å².